The van der Waals surface area contributed by atoms with Crippen LogP contribution in [0, 0.1) is 13.8 Å². The molecule has 2 aromatic rings. The molecule has 0 bridgehead atoms. The topological polar surface area (TPSA) is 35.2 Å². The zero-order valence-corrected chi connectivity index (χ0v) is 11.8. The van der Waals surface area contributed by atoms with Gasteiger partial charge in [-0.3, -0.25) is 0 Å². The van der Waals surface area contributed by atoms with Crippen molar-refractivity contribution < 1.29 is 4.74 Å². The van der Waals surface area contributed by atoms with Crippen LogP contribution in [-0.4, -0.2) is 6.04 Å². The van der Waals surface area contributed by atoms with Crippen LogP contribution in [0.2, 0.25) is 0 Å². The molecule has 1 aromatic heterocycles. The van der Waals surface area contributed by atoms with Crippen LogP contribution in [-0.2, 0) is 0 Å². The highest BCUT2D eigenvalue weighted by molar-refractivity contribution is 7.12. The standard InChI is InChI=1S/C15H19NOS/c1-10-5-4-6-13(9-10)17-15(12(3)16)14-8-7-11(2)18-14/h4-9,12,15H,16H2,1-3H3. The molecule has 2 nitrogen and oxygen atoms in total. The molecule has 0 spiro atoms. The van der Waals surface area contributed by atoms with Crippen LogP contribution in [0.5, 0.6) is 5.75 Å². The number of benzene rings is 1. The quantitative estimate of drug-likeness (QED) is 0.907. The van der Waals surface area contributed by atoms with Gasteiger partial charge in [0.25, 0.3) is 0 Å². The second-order valence-corrected chi connectivity index (χ2v) is 5.98. The van der Waals surface area contributed by atoms with Gasteiger partial charge in [0, 0.05) is 15.8 Å². The Kier molecular flexibility index (Phi) is 4.04. The van der Waals surface area contributed by atoms with Crippen LogP contribution in [0.15, 0.2) is 36.4 Å². The van der Waals surface area contributed by atoms with Gasteiger partial charge in [0.05, 0.1) is 0 Å². The van der Waals surface area contributed by atoms with Crippen molar-refractivity contribution in [3.8, 4) is 5.75 Å². The lowest BCUT2D eigenvalue weighted by molar-refractivity contribution is 0.184. The van der Waals surface area contributed by atoms with E-state index in [4.69, 9.17) is 10.5 Å². The maximum atomic E-state index is 6.05. The molecule has 18 heavy (non-hydrogen) atoms. The van der Waals surface area contributed by atoms with Crippen molar-refractivity contribution in [3.63, 3.8) is 0 Å². The van der Waals surface area contributed by atoms with E-state index >= 15 is 0 Å². The Bertz CT molecular complexity index is 519. The smallest absolute Gasteiger partial charge is 0.148 e. The first-order chi connectivity index (χ1) is 8.56. The van der Waals surface area contributed by atoms with Crippen LogP contribution in [0.25, 0.3) is 0 Å². The Morgan fingerprint density at radius 3 is 2.50 bits per heavy atom. The Balaban J connectivity index is 2.22. The van der Waals surface area contributed by atoms with E-state index < -0.39 is 0 Å². The van der Waals surface area contributed by atoms with Gasteiger partial charge in [-0.25, -0.2) is 0 Å². The molecule has 1 heterocycles. The van der Waals surface area contributed by atoms with Crippen molar-refractivity contribution in [2.45, 2.75) is 32.9 Å². The molecule has 0 radical (unpaired) electrons. The molecule has 0 saturated heterocycles. The monoisotopic (exact) mass is 261 g/mol. The Labute approximate surface area is 112 Å². The highest BCUT2D eigenvalue weighted by atomic mass is 32.1. The Morgan fingerprint density at radius 2 is 1.94 bits per heavy atom. The van der Waals surface area contributed by atoms with Gasteiger partial charge in [0.1, 0.15) is 11.9 Å². The fourth-order valence-corrected chi connectivity index (χ4v) is 2.89. The zero-order valence-electron chi connectivity index (χ0n) is 11.0. The van der Waals surface area contributed by atoms with Crippen molar-refractivity contribution in [1.82, 2.24) is 0 Å². The number of hydrogen-bond acceptors (Lipinski definition) is 3. The average molecular weight is 261 g/mol. The third-order valence-corrected chi connectivity index (χ3v) is 3.83. The molecule has 3 heteroatoms. The van der Waals surface area contributed by atoms with Gasteiger partial charge in [-0.2, -0.15) is 0 Å². The molecule has 2 unspecified atom stereocenters. The highest BCUT2D eigenvalue weighted by Crippen LogP contribution is 2.29. The molecular formula is C15H19NOS. The third-order valence-electron chi connectivity index (χ3n) is 2.77. The summed E-state index contributed by atoms with van der Waals surface area (Å²) in [7, 11) is 0. The number of nitrogens with two attached hydrogens (primary N) is 1. The minimum atomic E-state index is -0.0782. The highest BCUT2D eigenvalue weighted by Gasteiger charge is 2.19. The van der Waals surface area contributed by atoms with E-state index in [1.165, 1.54) is 15.3 Å². The molecule has 0 amide bonds. The molecule has 0 aliphatic heterocycles. The second-order valence-electron chi connectivity index (χ2n) is 4.66. The maximum Gasteiger partial charge on any atom is 0.148 e. The van der Waals surface area contributed by atoms with Crippen LogP contribution >= 0.6 is 11.3 Å². The molecule has 0 aliphatic rings. The van der Waals surface area contributed by atoms with E-state index in [1.807, 2.05) is 25.1 Å². The minimum absolute atomic E-state index is 0.0384. The number of aryl methyl sites for hydroxylation is 2. The van der Waals surface area contributed by atoms with E-state index in [1.54, 1.807) is 11.3 Å². The SMILES string of the molecule is Cc1cccc(OC(c2ccc(C)s2)C(C)N)c1. The predicted octanol–water partition coefficient (Wildman–Crippen LogP) is 3.83. The predicted molar refractivity (Wildman–Crippen MR) is 77.3 cm³/mol. The zero-order chi connectivity index (χ0) is 13.1. The molecule has 96 valence electrons. The molecular weight excluding hydrogens is 242 g/mol. The summed E-state index contributed by atoms with van der Waals surface area (Å²) in [6.07, 6.45) is -0.0782. The summed E-state index contributed by atoms with van der Waals surface area (Å²) in [5, 5.41) is 0. The van der Waals surface area contributed by atoms with E-state index in [0.717, 1.165) is 5.75 Å². The molecule has 2 N–H and O–H groups in total. The van der Waals surface area contributed by atoms with Crippen molar-refractivity contribution in [1.29, 1.82) is 0 Å². The van der Waals surface area contributed by atoms with Crippen molar-refractivity contribution >= 4 is 11.3 Å². The fourth-order valence-electron chi connectivity index (χ4n) is 1.87. The van der Waals surface area contributed by atoms with Crippen molar-refractivity contribution in [2.75, 3.05) is 0 Å². The van der Waals surface area contributed by atoms with E-state index in [0.29, 0.717) is 0 Å². The second kappa shape index (κ2) is 5.55. The Hall–Kier alpha value is -1.32. The van der Waals surface area contributed by atoms with Crippen LogP contribution in [0.4, 0.5) is 0 Å². The number of hydrogen-bond donors (Lipinski definition) is 1. The summed E-state index contributed by atoms with van der Waals surface area (Å²) in [4.78, 5) is 2.47. The summed E-state index contributed by atoms with van der Waals surface area (Å²) in [5.74, 6) is 0.878. The lowest BCUT2D eigenvalue weighted by atomic mass is 10.1. The van der Waals surface area contributed by atoms with Gasteiger partial charge in [0.2, 0.25) is 0 Å². The molecule has 0 saturated carbocycles. The largest absolute Gasteiger partial charge is 0.483 e. The Morgan fingerprint density at radius 1 is 1.17 bits per heavy atom. The number of ether oxygens (including phenoxy) is 1. The summed E-state index contributed by atoms with van der Waals surface area (Å²) >= 11 is 1.74. The normalized spacial score (nSPS) is 14.2. The minimum Gasteiger partial charge on any atom is -0.483 e. The molecule has 0 aliphatic carbocycles. The molecule has 1 aromatic carbocycles. The van der Waals surface area contributed by atoms with E-state index in [2.05, 4.69) is 32.0 Å². The van der Waals surface area contributed by atoms with Gasteiger partial charge in [-0.1, -0.05) is 12.1 Å². The first-order valence-electron chi connectivity index (χ1n) is 6.11. The lowest BCUT2D eigenvalue weighted by Gasteiger charge is -2.21. The summed E-state index contributed by atoms with van der Waals surface area (Å²) < 4.78 is 6.04. The van der Waals surface area contributed by atoms with Gasteiger partial charge < -0.3 is 10.5 Å². The molecule has 2 rings (SSSR count). The van der Waals surface area contributed by atoms with Crippen molar-refractivity contribution in [2.24, 2.45) is 5.73 Å². The lowest BCUT2D eigenvalue weighted by Crippen LogP contribution is -2.28. The van der Waals surface area contributed by atoms with E-state index in [9.17, 15) is 0 Å². The summed E-state index contributed by atoms with van der Waals surface area (Å²) in [6, 6.07) is 12.2. The molecule has 0 fully saturated rings. The first-order valence-corrected chi connectivity index (χ1v) is 6.93. The van der Waals surface area contributed by atoms with Gasteiger partial charge >= 0.3 is 0 Å². The van der Waals surface area contributed by atoms with Crippen LogP contribution in [0.3, 0.4) is 0 Å². The average Bonchev–Trinajstić information content (AvgIpc) is 2.72. The number of thiophene rings is 1. The molecule has 2 atom stereocenters. The van der Waals surface area contributed by atoms with Gasteiger partial charge in [0.15, 0.2) is 0 Å². The maximum absolute atomic E-state index is 6.05. The fraction of sp³-hybridized carbons (Fsp3) is 0.333. The number of rotatable bonds is 4. The summed E-state index contributed by atoms with van der Waals surface area (Å²) in [6.45, 7) is 6.14. The van der Waals surface area contributed by atoms with Crippen LogP contribution in [0.1, 0.15) is 28.3 Å². The van der Waals surface area contributed by atoms with Gasteiger partial charge in [-0.15, -0.1) is 11.3 Å². The van der Waals surface area contributed by atoms with E-state index in [-0.39, 0.29) is 12.1 Å². The van der Waals surface area contributed by atoms with Gasteiger partial charge in [-0.05, 0) is 50.6 Å². The van der Waals surface area contributed by atoms with Crippen molar-refractivity contribution in [3.05, 3.63) is 51.7 Å². The third kappa shape index (κ3) is 3.12. The first kappa shape index (κ1) is 13.1. The van der Waals surface area contributed by atoms with Crippen LogP contribution < -0.4 is 10.5 Å². The summed E-state index contributed by atoms with van der Waals surface area (Å²) in [5.41, 5.74) is 7.24.